The summed E-state index contributed by atoms with van der Waals surface area (Å²) in [4.78, 5) is 0. The average Bonchev–Trinajstić information content (AvgIpc) is 2.72. The maximum atomic E-state index is 5.86. The van der Waals surface area contributed by atoms with E-state index in [1.165, 1.54) is 0 Å². The van der Waals surface area contributed by atoms with Crippen LogP contribution in [0.2, 0.25) is 0 Å². The largest absolute Gasteiger partial charge is 0.497 e. The Hall–Kier alpha value is -2.34. The van der Waals surface area contributed by atoms with Crippen LogP contribution < -0.4 is 10.1 Å². The molecule has 0 aliphatic rings. The zero-order valence-corrected chi connectivity index (χ0v) is 16.1. The molecule has 2 atom stereocenters. The SMILES string of the molecule is C=C[C@@H](C[C@H](COCc1ccc(OC)cc1)OCOC)Nc1ccccc1. The molecule has 0 saturated carbocycles. The van der Waals surface area contributed by atoms with Crippen molar-refractivity contribution in [1.82, 2.24) is 0 Å². The van der Waals surface area contributed by atoms with Gasteiger partial charge in [0.2, 0.25) is 0 Å². The van der Waals surface area contributed by atoms with Crippen molar-refractivity contribution in [2.45, 2.75) is 25.2 Å². The number of nitrogens with one attached hydrogen (secondary N) is 1. The highest BCUT2D eigenvalue weighted by Crippen LogP contribution is 2.15. The van der Waals surface area contributed by atoms with Crippen molar-refractivity contribution >= 4 is 5.69 Å². The fourth-order valence-corrected chi connectivity index (χ4v) is 2.62. The molecule has 2 aromatic carbocycles. The predicted molar refractivity (Wildman–Crippen MR) is 108 cm³/mol. The molecule has 0 unspecified atom stereocenters. The number of methoxy groups -OCH3 is 2. The first-order chi connectivity index (χ1) is 13.2. The summed E-state index contributed by atoms with van der Waals surface area (Å²) < 4.78 is 21.9. The molecular formula is C22H29NO4. The molecule has 0 heterocycles. The smallest absolute Gasteiger partial charge is 0.146 e. The van der Waals surface area contributed by atoms with E-state index in [0.29, 0.717) is 13.2 Å². The molecule has 0 fully saturated rings. The lowest BCUT2D eigenvalue weighted by Gasteiger charge is -2.23. The van der Waals surface area contributed by atoms with Crippen LogP contribution in [-0.4, -0.2) is 39.8 Å². The van der Waals surface area contributed by atoms with Crippen LogP contribution in [0.15, 0.2) is 67.3 Å². The minimum Gasteiger partial charge on any atom is -0.497 e. The highest BCUT2D eigenvalue weighted by Gasteiger charge is 2.16. The first kappa shape index (κ1) is 21.0. The van der Waals surface area contributed by atoms with Gasteiger partial charge in [-0.25, -0.2) is 0 Å². The van der Waals surface area contributed by atoms with Crippen molar-refractivity contribution in [3.63, 3.8) is 0 Å². The number of ether oxygens (including phenoxy) is 4. The Morgan fingerprint density at radius 2 is 1.78 bits per heavy atom. The van der Waals surface area contributed by atoms with Crippen molar-refractivity contribution in [1.29, 1.82) is 0 Å². The molecule has 0 aliphatic heterocycles. The third-order valence-electron chi connectivity index (χ3n) is 4.08. The van der Waals surface area contributed by atoms with E-state index in [1.807, 2.05) is 60.7 Å². The standard InChI is InChI=1S/C22H29NO4/c1-4-19(23-20-8-6-5-7-9-20)14-22(27-17-24-2)16-26-15-18-10-12-21(25-3)13-11-18/h4-13,19,22-23H,1,14-17H2,2-3H3/t19-,22+/m0/s1. The molecule has 0 radical (unpaired) electrons. The van der Waals surface area contributed by atoms with E-state index in [9.17, 15) is 0 Å². The number of hydrogen-bond donors (Lipinski definition) is 1. The van der Waals surface area contributed by atoms with Gasteiger partial charge in [0.1, 0.15) is 12.5 Å². The molecule has 2 aromatic rings. The first-order valence-corrected chi connectivity index (χ1v) is 9.00. The zero-order valence-electron chi connectivity index (χ0n) is 16.1. The highest BCUT2D eigenvalue weighted by atomic mass is 16.7. The third kappa shape index (κ3) is 7.83. The lowest BCUT2D eigenvalue weighted by molar-refractivity contribution is -0.101. The van der Waals surface area contributed by atoms with Crippen molar-refractivity contribution in [3.05, 3.63) is 72.8 Å². The summed E-state index contributed by atoms with van der Waals surface area (Å²) in [5, 5.41) is 3.45. The number of anilines is 1. The van der Waals surface area contributed by atoms with Gasteiger partial charge < -0.3 is 24.3 Å². The van der Waals surface area contributed by atoms with Crippen molar-refractivity contribution < 1.29 is 18.9 Å². The molecule has 0 amide bonds. The van der Waals surface area contributed by atoms with Gasteiger partial charge in [-0.2, -0.15) is 0 Å². The fraction of sp³-hybridized carbons (Fsp3) is 0.364. The molecule has 1 N–H and O–H groups in total. The summed E-state index contributed by atoms with van der Waals surface area (Å²) in [6.45, 7) is 5.14. The molecule has 146 valence electrons. The third-order valence-corrected chi connectivity index (χ3v) is 4.08. The van der Waals surface area contributed by atoms with Crippen molar-refractivity contribution in [2.75, 3.05) is 32.9 Å². The van der Waals surface area contributed by atoms with Crippen LogP contribution in [0.25, 0.3) is 0 Å². The Labute approximate surface area is 161 Å². The van der Waals surface area contributed by atoms with Gasteiger partial charge in [-0.1, -0.05) is 36.4 Å². The maximum Gasteiger partial charge on any atom is 0.146 e. The van der Waals surface area contributed by atoms with Gasteiger partial charge in [0.05, 0.1) is 26.4 Å². The maximum absolute atomic E-state index is 5.86. The van der Waals surface area contributed by atoms with E-state index in [-0.39, 0.29) is 18.9 Å². The second-order valence-corrected chi connectivity index (χ2v) is 6.15. The van der Waals surface area contributed by atoms with Crippen molar-refractivity contribution in [2.24, 2.45) is 0 Å². The van der Waals surface area contributed by atoms with Gasteiger partial charge in [-0.15, -0.1) is 6.58 Å². The molecule has 0 spiro atoms. The molecule has 0 bridgehead atoms. The number of benzene rings is 2. The fourth-order valence-electron chi connectivity index (χ4n) is 2.62. The predicted octanol–water partition coefficient (Wildman–Crippen LogP) is 4.26. The van der Waals surface area contributed by atoms with Crippen LogP contribution >= 0.6 is 0 Å². The van der Waals surface area contributed by atoms with E-state index in [4.69, 9.17) is 18.9 Å². The van der Waals surface area contributed by atoms with Crippen LogP contribution in [0.4, 0.5) is 5.69 Å². The zero-order chi connectivity index (χ0) is 19.3. The molecular weight excluding hydrogens is 342 g/mol. The molecule has 2 rings (SSSR count). The molecule has 0 aromatic heterocycles. The Morgan fingerprint density at radius 3 is 2.41 bits per heavy atom. The van der Waals surface area contributed by atoms with Crippen LogP contribution in [0.3, 0.4) is 0 Å². The van der Waals surface area contributed by atoms with Gasteiger partial charge in [-0.3, -0.25) is 0 Å². The van der Waals surface area contributed by atoms with E-state index in [1.54, 1.807) is 14.2 Å². The molecule has 5 heteroatoms. The van der Waals surface area contributed by atoms with Crippen LogP contribution in [0.1, 0.15) is 12.0 Å². The summed E-state index contributed by atoms with van der Waals surface area (Å²) in [5.74, 6) is 0.834. The normalized spacial score (nSPS) is 13.0. The molecule has 0 aliphatic carbocycles. The summed E-state index contributed by atoms with van der Waals surface area (Å²) >= 11 is 0. The topological polar surface area (TPSA) is 49.0 Å². The van der Waals surface area contributed by atoms with E-state index >= 15 is 0 Å². The summed E-state index contributed by atoms with van der Waals surface area (Å²) in [7, 11) is 3.27. The van der Waals surface area contributed by atoms with Gasteiger partial charge in [0.15, 0.2) is 0 Å². The lowest BCUT2D eigenvalue weighted by Crippen LogP contribution is -2.29. The lowest BCUT2D eigenvalue weighted by atomic mass is 10.1. The Morgan fingerprint density at radius 1 is 1.04 bits per heavy atom. The Balaban J connectivity index is 1.85. The molecule has 5 nitrogen and oxygen atoms in total. The number of para-hydroxylation sites is 1. The van der Waals surface area contributed by atoms with E-state index < -0.39 is 0 Å². The van der Waals surface area contributed by atoms with Crippen LogP contribution in [0, 0.1) is 0 Å². The quantitative estimate of drug-likeness (QED) is 0.421. The molecule has 0 saturated heterocycles. The van der Waals surface area contributed by atoms with E-state index in [0.717, 1.165) is 23.4 Å². The first-order valence-electron chi connectivity index (χ1n) is 9.00. The van der Waals surface area contributed by atoms with Crippen LogP contribution in [0.5, 0.6) is 5.75 Å². The number of hydrogen-bond acceptors (Lipinski definition) is 5. The van der Waals surface area contributed by atoms with E-state index in [2.05, 4.69) is 11.9 Å². The average molecular weight is 371 g/mol. The van der Waals surface area contributed by atoms with Gasteiger partial charge >= 0.3 is 0 Å². The number of rotatable bonds is 13. The minimum absolute atomic E-state index is 0.0684. The van der Waals surface area contributed by atoms with Gasteiger partial charge in [0.25, 0.3) is 0 Å². The highest BCUT2D eigenvalue weighted by molar-refractivity contribution is 5.44. The summed E-state index contributed by atoms with van der Waals surface area (Å²) in [6.07, 6.45) is 2.51. The Bertz CT molecular complexity index is 645. The Kier molecular flexibility index (Phi) is 9.41. The van der Waals surface area contributed by atoms with Gasteiger partial charge in [-0.05, 0) is 36.2 Å². The summed E-state index contributed by atoms with van der Waals surface area (Å²) in [5.41, 5.74) is 2.14. The second kappa shape index (κ2) is 12.1. The van der Waals surface area contributed by atoms with Crippen molar-refractivity contribution in [3.8, 4) is 5.75 Å². The second-order valence-electron chi connectivity index (χ2n) is 6.15. The summed E-state index contributed by atoms with van der Waals surface area (Å²) in [6, 6.07) is 18.0. The molecule has 27 heavy (non-hydrogen) atoms. The monoisotopic (exact) mass is 371 g/mol. The van der Waals surface area contributed by atoms with Gasteiger partial charge in [0, 0.05) is 18.8 Å². The van der Waals surface area contributed by atoms with Crippen LogP contribution in [-0.2, 0) is 20.8 Å². The minimum atomic E-state index is -0.109.